The van der Waals surface area contributed by atoms with Gasteiger partial charge in [0.05, 0.1) is 5.56 Å². The molecule has 0 spiro atoms. The van der Waals surface area contributed by atoms with Gasteiger partial charge in [0.2, 0.25) is 5.88 Å². The summed E-state index contributed by atoms with van der Waals surface area (Å²) in [7, 11) is -4.18. The molecule has 0 fully saturated rings. The molecule has 0 aliphatic carbocycles. The molecule has 1 aromatic heterocycles. The van der Waals surface area contributed by atoms with E-state index in [2.05, 4.69) is 9.97 Å². The van der Waals surface area contributed by atoms with Crippen LogP contribution in [-0.2, 0) is 16.0 Å². The van der Waals surface area contributed by atoms with Gasteiger partial charge in [-0.2, -0.15) is 13.2 Å². The van der Waals surface area contributed by atoms with E-state index in [9.17, 15) is 21.6 Å². The Kier molecular flexibility index (Phi) is 4.10. The molecule has 9 heteroatoms. The molecule has 1 heterocycles. The number of aryl methyl sites for hydroxylation is 1. The number of hydrogen-bond donors (Lipinski definition) is 0. The van der Waals surface area contributed by atoms with E-state index >= 15 is 0 Å². The van der Waals surface area contributed by atoms with Crippen molar-refractivity contribution in [1.29, 1.82) is 0 Å². The Morgan fingerprint density at radius 3 is 2.36 bits per heavy atom. The number of aromatic nitrogens is 2. The first-order valence-corrected chi connectivity index (χ1v) is 7.84. The molecule has 22 heavy (non-hydrogen) atoms. The highest BCUT2D eigenvalue weighted by Gasteiger charge is 2.40. The molecule has 0 saturated carbocycles. The Morgan fingerprint density at radius 2 is 1.86 bits per heavy atom. The summed E-state index contributed by atoms with van der Waals surface area (Å²) in [6.07, 6.45) is -1.67. The molecule has 0 aliphatic rings. The zero-order valence-electron chi connectivity index (χ0n) is 11.5. The van der Waals surface area contributed by atoms with Crippen LogP contribution in [0.2, 0.25) is 0 Å². The molecule has 0 saturated heterocycles. The molecule has 5 nitrogen and oxygen atoms in total. The lowest BCUT2D eigenvalue weighted by molar-refractivity contribution is -0.140. The van der Waals surface area contributed by atoms with Gasteiger partial charge >= 0.3 is 6.18 Å². The Hall–Kier alpha value is -2.16. The van der Waals surface area contributed by atoms with Gasteiger partial charge in [0.1, 0.15) is 17.0 Å². The number of nitrogens with zero attached hydrogens (tertiary/aromatic N) is 2. The van der Waals surface area contributed by atoms with Crippen LogP contribution in [0, 0.1) is 6.92 Å². The molecule has 0 N–H and O–H groups in total. The summed E-state index contributed by atoms with van der Waals surface area (Å²) in [5.41, 5.74) is -1.44. The van der Waals surface area contributed by atoms with Gasteiger partial charge in [0.25, 0.3) is 0 Å². The second kappa shape index (κ2) is 5.56. The maximum Gasteiger partial charge on any atom is 0.418 e. The van der Waals surface area contributed by atoms with E-state index in [4.69, 9.17) is 4.74 Å². The largest absolute Gasteiger partial charge is 0.438 e. The molecular weight excluding hydrogens is 321 g/mol. The average Bonchev–Trinajstić information content (AvgIpc) is 2.39. The Morgan fingerprint density at radius 1 is 1.18 bits per heavy atom. The standard InChI is InChI=1S/C13H11F3N2O3S/c1-8-3-4-9(21-10-5-6-17-7-18-10)12(22(2,19)20)11(8)13(14,15)16/h3-7H,1-2H3. The highest BCUT2D eigenvalue weighted by Crippen LogP contribution is 2.41. The van der Waals surface area contributed by atoms with Crippen LogP contribution in [0.5, 0.6) is 11.6 Å². The van der Waals surface area contributed by atoms with Crippen LogP contribution in [0.1, 0.15) is 11.1 Å². The molecule has 118 valence electrons. The first-order chi connectivity index (χ1) is 10.1. The number of benzene rings is 1. The minimum absolute atomic E-state index is 0.0584. The molecule has 0 radical (unpaired) electrons. The highest BCUT2D eigenvalue weighted by atomic mass is 32.2. The summed E-state index contributed by atoms with van der Waals surface area (Å²) < 4.78 is 68.5. The van der Waals surface area contributed by atoms with E-state index in [1.54, 1.807) is 0 Å². The molecule has 0 atom stereocenters. The maximum absolute atomic E-state index is 13.2. The summed E-state index contributed by atoms with van der Waals surface area (Å²) in [4.78, 5) is 6.44. The monoisotopic (exact) mass is 332 g/mol. The fourth-order valence-electron chi connectivity index (χ4n) is 1.91. The normalized spacial score (nSPS) is 12.2. The van der Waals surface area contributed by atoms with Crippen molar-refractivity contribution < 1.29 is 26.3 Å². The second-order valence-corrected chi connectivity index (χ2v) is 6.46. The van der Waals surface area contributed by atoms with Gasteiger partial charge in [-0.05, 0) is 18.6 Å². The van der Waals surface area contributed by atoms with Crippen molar-refractivity contribution in [3.8, 4) is 11.6 Å². The molecule has 1 aromatic carbocycles. The van der Waals surface area contributed by atoms with Crippen LogP contribution < -0.4 is 4.74 Å². The highest BCUT2D eigenvalue weighted by molar-refractivity contribution is 7.90. The lowest BCUT2D eigenvalue weighted by atomic mass is 10.1. The second-order valence-electron chi connectivity index (χ2n) is 4.50. The minimum Gasteiger partial charge on any atom is -0.438 e. The van der Waals surface area contributed by atoms with Crippen LogP contribution in [0.25, 0.3) is 0 Å². The Balaban J connectivity index is 2.70. The van der Waals surface area contributed by atoms with Crippen LogP contribution in [0.15, 0.2) is 35.6 Å². The predicted molar refractivity (Wildman–Crippen MR) is 71.4 cm³/mol. The van der Waals surface area contributed by atoms with Crippen molar-refractivity contribution in [2.24, 2.45) is 0 Å². The summed E-state index contributed by atoms with van der Waals surface area (Å²) >= 11 is 0. The van der Waals surface area contributed by atoms with Gasteiger partial charge in [-0.3, -0.25) is 0 Å². The first-order valence-electron chi connectivity index (χ1n) is 5.95. The summed E-state index contributed by atoms with van der Waals surface area (Å²) in [5, 5.41) is 0. The third kappa shape index (κ3) is 3.35. The van der Waals surface area contributed by atoms with Crippen molar-refractivity contribution in [2.75, 3.05) is 6.26 Å². The fourth-order valence-corrected chi connectivity index (χ4v) is 3.04. The number of sulfone groups is 1. The van der Waals surface area contributed by atoms with Gasteiger partial charge < -0.3 is 4.74 Å². The molecule has 0 bridgehead atoms. The van der Waals surface area contributed by atoms with Crippen LogP contribution >= 0.6 is 0 Å². The number of ether oxygens (including phenoxy) is 1. The smallest absolute Gasteiger partial charge is 0.418 e. The molecule has 2 aromatic rings. The van der Waals surface area contributed by atoms with E-state index < -0.39 is 32.2 Å². The molecule has 0 unspecified atom stereocenters. The summed E-state index contributed by atoms with van der Waals surface area (Å²) in [5.74, 6) is -0.490. The molecular formula is C13H11F3N2O3S. The molecule has 0 amide bonds. The van der Waals surface area contributed by atoms with Crippen molar-refractivity contribution in [3.63, 3.8) is 0 Å². The topological polar surface area (TPSA) is 69.2 Å². The zero-order valence-corrected chi connectivity index (χ0v) is 12.4. The third-order valence-electron chi connectivity index (χ3n) is 2.75. The zero-order chi connectivity index (χ0) is 16.5. The lowest BCUT2D eigenvalue weighted by Gasteiger charge is -2.17. The van der Waals surface area contributed by atoms with Gasteiger partial charge in [-0.25, -0.2) is 18.4 Å². The predicted octanol–water partition coefficient (Wildman–Crippen LogP) is 3.00. The SMILES string of the molecule is Cc1ccc(Oc2ccncn2)c(S(C)(=O)=O)c1C(F)(F)F. The molecule has 0 aliphatic heterocycles. The van der Waals surface area contributed by atoms with E-state index in [1.807, 2.05) is 0 Å². The summed E-state index contributed by atoms with van der Waals surface area (Å²) in [6, 6.07) is 3.62. The van der Waals surface area contributed by atoms with Gasteiger partial charge in [-0.1, -0.05) is 6.07 Å². The fraction of sp³-hybridized carbons (Fsp3) is 0.231. The first kappa shape index (κ1) is 16.2. The Bertz CT molecular complexity index is 790. The van der Waals surface area contributed by atoms with Crippen molar-refractivity contribution >= 4 is 9.84 Å². The molecule has 2 rings (SSSR count). The van der Waals surface area contributed by atoms with Crippen LogP contribution in [0.4, 0.5) is 13.2 Å². The van der Waals surface area contributed by atoms with Crippen molar-refractivity contribution in [2.45, 2.75) is 18.0 Å². The number of alkyl halides is 3. The summed E-state index contributed by atoms with van der Waals surface area (Å²) in [6.45, 7) is 1.19. The van der Waals surface area contributed by atoms with Crippen LogP contribution in [-0.4, -0.2) is 24.6 Å². The van der Waals surface area contributed by atoms with Gasteiger partial charge in [0, 0.05) is 18.5 Å². The third-order valence-corrected chi connectivity index (χ3v) is 3.90. The van der Waals surface area contributed by atoms with Crippen LogP contribution in [0.3, 0.4) is 0 Å². The number of hydrogen-bond acceptors (Lipinski definition) is 5. The maximum atomic E-state index is 13.2. The minimum atomic E-state index is -4.83. The van der Waals surface area contributed by atoms with Crippen molar-refractivity contribution in [1.82, 2.24) is 9.97 Å². The average molecular weight is 332 g/mol. The van der Waals surface area contributed by atoms with E-state index in [0.29, 0.717) is 6.26 Å². The van der Waals surface area contributed by atoms with E-state index in [-0.39, 0.29) is 11.4 Å². The van der Waals surface area contributed by atoms with Crippen molar-refractivity contribution in [3.05, 3.63) is 41.9 Å². The lowest BCUT2D eigenvalue weighted by Crippen LogP contribution is -2.15. The quantitative estimate of drug-likeness (QED) is 0.864. The number of rotatable bonds is 3. The van der Waals surface area contributed by atoms with Gasteiger partial charge in [0.15, 0.2) is 9.84 Å². The Labute approximate surface area is 124 Å². The van der Waals surface area contributed by atoms with E-state index in [1.165, 1.54) is 25.3 Å². The van der Waals surface area contributed by atoms with Gasteiger partial charge in [-0.15, -0.1) is 0 Å². The number of halogens is 3. The van der Waals surface area contributed by atoms with E-state index in [0.717, 1.165) is 12.4 Å².